The van der Waals surface area contributed by atoms with Gasteiger partial charge in [-0.1, -0.05) is 36.4 Å². The lowest BCUT2D eigenvalue weighted by Gasteiger charge is -2.25. The van der Waals surface area contributed by atoms with Crippen LogP contribution in [0, 0.1) is 0 Å². The Hall–Kier alpha value is -3.32. The maximum atomic E-state index is 12.6. The highest BCUT2D eigenvalue weighted by Crippen LogP contribution is 2.26. The number of hydrogen-bond donors (Lipinski definition) is 3. The van der Waals surface area contributed by atoms with E-state index in [1.54, 1.807) is 18.2 Å². The summed E-state index contributed by atoms with van der Waals surface area (Å²) < 4.78 is 46.4. The van der Waals surface area contributed by atoms with E-state index < -0.39 is 30.5 Å². The van der Waals surface area contributed by atoms with Crippen LogP contribution in [0.25, 0.3) is 22.3 Å². The van der Waals surface area contributed by atoms with Gasteiger partial charge in [0, 0.05) is 25.1 Å². The molecule has 4 N–H and O–H groups in total. The number of aryl methyl sites for hydroxylation is 1. The van der Waals surface area contributed by atoms with Crippen LogP contribution in [0.1, 0.15) is 13.3 Å². The number of nitrogens with two attached hydrogens (primary N) is 1. The first-order valence-electron chi connectivity index (χ1n) is 10.3. The first-order valence-corrected chi connectivity index (χ1v) is 13.8. The summed E-state index contributed by atoms with van der Waals surface area (Å²) in [5.74, 6) is -1.07. The van der Waals surface area contributed by atoms with Gasteiger partial charge < -0.3 is 4.57 Å². The number of rotatable bonds is 8. The third-order valence-electron chi connectivity index (χ3n) is 5.96. The van der Waals surface area contributed by atoms with Gasteiger partial charge in [-0.15, -0.1) is 0 Å². The lowest BCUT2D eigenvalue weighted by atomic mass is 10.0. The van der Waals surface area contributed by atoms with E-state index in [1.807, 2.05) is 24.3 Å². The molecule has 10 nitrogen and oxygen atoms in total. The van der Waals surface area contributed by atoms with E-state index in [4.69, 9.17) is 10.3 Å². The Morgan fingerprint density at radius 1 is 0.943 bits per heavy atom. The second-order valence-corrected chi connectivity index (χ2v) is 12.3. The molecule has 1 unspecified atom stereocenters. The Bertz CT molecular complexity index is 1510. The SMILES string of the molecule is CC(CCn1ccc(-c2ccc(-c3ccc(S(N)(=O)=O)cc3)cc2)cc1=O)(C(=O)NO)S(C)(=O)=O. The summed E-state index contributed by atoms with van der Waals surface area (Å²) in [7, 11) is -7.64. The van der Waals surface area contributed by atoms with E-state index in [0.717, 1.165) is 22.9 Å². The molecule has 0 bridgehead atoms. The van der Waals surface area contributed by atoms with Crippen molar-refractivity contribution < 1.29 is 26.8 Å². The van der Waals surface area contributed by atoms with Crippen LogP contribution in [0.3, 0.4) is 0 Å². The number of nitrogens with one attached hydrogen (secondary N) is 1. The number of pyridine rings is 1. The number of hydroxylamine groups is 1. The number of primary sulfonamides is 1. The zero-order chi connectivity index (χ0) is 26.0. The lowest BCUT2D eigenvalue weighted by Crippen LogP contribution is -2.49. The van der Waals surface area contributed by atoms with Crippen LogP contribution in [0.15, 0.2) is 76.6 Å². The van der Waals surface area contributed by atoms with E-state index in [-0.39, 0.29) is 23.4 Å². The average molecular weight is 520 g/mol. The van der Waals surface area contributed by atoms with Crippen LogP contribution in [0.4, 0.5) is 0 Å². The summed E-state index contributed by atoms with van der Waals surface area (Å²) in [6, 6.07) is 16.5. The monoisotopic (exact) mass is 519 g/mol. The second kappa shape index (κ2) is 9.74. The van der Waals surface area contributed by atoms with Gasteiger partial charge in [0.1, 0.15) is 0 Å². The number of carbonyl (C=O) groups excluding carboxylic acids is 1. The first kappa shape index (κ1) is 26.3. The summed E-state index contributed by atoms with van der Waals surface area (Å²) in [4.78, 5) is 24.6. The molecule has 0 aliphatic rings. The minimum Gasteiger partial charge on any atom is -0.315 e. The van der Waals surface area contributed by atoms with Crippen LogP contribution in [-0.4, -0.2) is 43.5 Å². The molecule has 0 fully saturated rings. The molecule has 0 aliphatic heterocycles. The van der Waals surface area contributed by atoms with Crippen molar-refractivity contribution in [3.8, 4) is 22.3 Å². The molecule has 3 aromatic rings. The largest absolute Gasteiger partial charge is 0.315 e. The molecule has 12 heteroatoms. The molecule has 186 valence electrons. The van der Waals surface area contributed by atoms with Crippen molar-refractivity contribution in [2.24, 2.45) is 5.14 Å². The van der Waals surface area contributed by atoms with Crippen LogP contribution in [-0.2, 0) is 31.2 Å². The Morgan fingerprint density at radius 2 is 1.43 bits per heavy atom. The van der Waals surface area contributed by atoms with E-state index in [9.17, 15) is 26.4 Å². The Morgan fingerprint density at radius 3 is 1.86 bits per heavy atom. The van der Waals surface area contributed by atoms with Gasteiger partial charge in [0.15, 0.2) is 14.6 Å². The maximum Gasteiger partial charge on any atom is 0.264 e. The molecule has 0 aliphatic carbocycles. The number of benzene rings is 2. The molecule has 2 aromatic carbocycles. The number of sulfone groups is 1. The molecule has 0 saturated heterocycles. The quantitative estimate of drug-likeness (QED) is 0.300. The smallest absolute Gasteiger partial charge is 0.264 e. The zero-order valence-electron chi connectivity index (χ0n) is 19.0. The van der Waals surface area contributed by atoms with E-state index in [0.29, 0.717) is 5.56 Å². The fourth-order valence-corrected chi connectivity index (χ4v) is 4.84. The van der Waals surface area contributed by atoms with Crippen molar-refractivity contribution in [1.82, 2.24) is 10.0 Å². The van der Waals surface area contributed by atoms with E-state index in [2.05, 4.69) is 0 Å². The normalized spacial score (nSPS) is 13.7. The third-order valence-corrected chi connectivity index (χ3v) is 8.92. The minimum atomic E-state index is -3.87. The predicted octanol–water partition coefficient (Wildman–Crippen LogP) is 1.53. The summed E-state index contributed by atoms with van der Waals surface area (Å²) in [5, 5.41) is 14.0. The van der Waals surface area contributed by atoms with Crippen LogP contribution < -0.4 is 16.2 Å². The second-order valence-electron chi connectivity index (χ2n) is 8.29. The highest BCUT2D eigenvalue weighted by Gasteiger charge is 2.43. The van der Waals surface area contributed by atoms with Crippen LogP contribution >= 0.6 is 0 Å². The predicted molar refractivity (Wildman–Crippen MR) is 131 cm³/mol. The molecule has 1 amide bonds. The van der Waals surface area contributed by atoms with Gasteiger partial charge in [-0.25, -0.2) is 27.5 Å². The molecule has 3 rings (SSSR count). The van der Waals surface area contributed by atoms with Gasteiger partial charge in [0.25, 0.3) is 11.5 Å². The third kappa shape index (κ3) is 5.68. The molecular weight excluding hydrogens is 494 g/mol. The van der Waals surface area contributed by atoms with E-state index in [1.165, 1.54) is 41.4 Å². The van der Waals surface area contributed by atoms with Crippen molar-refractivity contribution in [3.63, 3.8) is 0 Å². The maximum absolute atomic E-state index is 12.6. The molecule has 0 radical (unpaired) electrons. The zero-order valence-corrected chi connectivity index (χ0v) is 20.6. The Kier molecular flexibility index (Phi) is 7.31. The molecule has 1 atom stereocenters. The molecule has 35 heavy (non-hydrogen) atoms. The standard InChI is InChI=1S/C23H25N3O7S2/c1-23(22(28)25-29,34(2,30)31)12-14-26-13-11-19(15-21(26)27)18-5-3-16(4-6-18)17-7-9-20(10-8-17)35(24,32)33/h3-11,13,15,29H,12,14H2,1-2H3,(H,25,28)(H2,24,32,33). The van der Waals surface area contributed by atoms with Crippen LogP contribution in [0.5, 0.6) is 0 Å². The summed E-state index contributed by atoms with van der Waals surface area (Å²) in [6.45, 7) is 1.14. The molecule has 0 saturated carbocycles. The fraction of sp³-hybridized carbons (Fsp3) is 0.217. The van der Waals surface area contributed by atoms with Crippen molar-refractivity contribution in [3.05, 3.63) is 77.2 Å². The number of amides is 1. The molecule has 0 spiro atoms. The van der Waals surface area contributed by atoms with Crippen molar-refractivity contribution in [2.75, 3.05) is 6.26 Å². The van der Waals surface area contributed by atoms with Gasteiger partial charge in [0.2, 0.25) is 10.0 Å². The number of carbonyl (C=O) groups is 1. The van der Waals surface area contributed by atoms with Crippen LogP contribution in [0.2, 0.25) is 0 Å². The minimum absolute atomic E-state index is 0.0206. The average Bonchev–Trinajstić information content (AvgIpc) is 2.81. The summed E-state index contributed by atoms with van der Waals surface area (Å²) in [6.07, 6.45) is 2.19. The summed E-state index contributed by atoms with van der Waals surface area (Å²) in [5.41, 5.74) is 4.03. The summed E-state index contributed by atoms with van der Waals surface area (Å²) >= 11 is 0. The molecule has 1 aromatic heterocycles. The number of sulfonamides is 1. The highest BCUT2D eigenvalue weighted by atomic mass is 32.2. The fourth-order valence-electron chi connectivity index (χ4n) is 3.48. The van der Waals surface area contributed by atoms with Gasteiger partial charge in [-0.3, -0.25) is 14.8 Å². The number of nitrogens with zero attached hydrogens (tertiary/aromatic N) is 1. The van der Waals surface area contributed by atoms with Crippen molar-refractivity contribution >= 4 is 25.8 Å². The van der Waals surface area contributed by atoms with E-state index >= 15 is 0 Å². The van der Waals surface area contributed by atoms with Gasteiger partial charge in [-0.05, 0) is 53.8 Å². The number of hydrogen-bond acceptors (Lipinski definition) is 7. The highest BCUT2D eigenvalue weighted by molar-refractivity contribution is 7.92. The lowest BCUT2D eigenvalue weighted by molar-refractivity contribution is -0.131. The van der Waals surface area contributed by atoms with Crippen molar-refractivity contribution in [1.29, 1.82) is 0 Å². The topological polar surface area (TPSA) is 166 Å². The first-order chi connectivity index (χ1) is 16.3. The number of aromatic nitrogens is 1. The Labute approximate surface area is 203 Å². The molecular formula is C23H25N3O7S2. The van der Waals surface area contributed by atoms with Crippen molar-refractivity contribution in [2.45, 2.75) is 29.5 Å². The Balaban J connectivity index is 1.80. The molecule has 1 heterocycles. The van der Waals surface area contributed by atoms with Gasteiger partial charge in [-0.2, -0.15) is 0 Å². The van der Waals surface area contributed by atoms with Gasteiger partial charge >= 0.3 is 0 Å². The van der Waals surface area contributed by atoms with Gasteiger partial charge in [0.05, 0.1) is 4.90 Å².